The van der Waals surface area contributed by atoms with E-state index in [0.29, 0.717) is 18.1 Å². The number of hydrogen-bond donors (Lipinski definition) is 3. The molecule has 0 heterocycles. The Morgan fingerprint density at radius 2 is 1.74 bits per heavy atom. The molecule has 2 amide bonds. The Balaban J connectivity index is 4.07. The van der Waals surface area contributed by atoms with Crippen molar-refractivity contribution in [2.75, 3.05) is 12.0 Å². The summed E-state index contributed by atoms with van der Waals surface area (Å²) < 4.78 is 0. The van der Waals surface area contributed by atoms with Gasteiger partial charge in [-0.25, -0.2) is 9.59 Å². The normalized spacial score (nSPS) is 13.9. The molecule has 0 saturated heterocycles. The van der Waals surface area contributed by atoms with E-state index in [1.807, 2.05) is 13.2 Å². The van der Waals surface area contributed by atoms with Crippen LogP contribution >= 0.6 is 11.8 Å². The lowest BCUT2D eigenvalue weighted by molar-refractivity contribution is -0.139. The Labute approximate surface area is 119 Å². The third kappa shape index (κ3) is 9.64. The van der Waals surface area contributed by atoms with Crippen molar-refractivity contribution >= 4 is 23.8 Å². The van der Waals surface area contributed by atoms with Crippen LogP contribution in [0.4, 0.5) is 4.79 Å². The molecule has 0 spiro atoms. The zero-order valence-corrected chi connectivity index (χ0v) is 13.0. The van der Waals surface area contributed by atoms with Crippen molar-refractivity contribution in [1.29, 1.82) is 0 Å². The fourth-order valence-electron chi connectivity index (χ4n) is 1.57. The molecule has 0 aliphatic heterocycles. The average molecular weight is 290 g/mol. The summed E-state index contributed by atoms with van der Waals surface area (Å²) >= 11 is 1.56. The Hall–Kier alpha value is -0.910. The quantitative estimate of drug-likeness (QED) is 0.609. The lowest BCUT2D eigenvalue weighted by Gasteiger charge is -2.18. The van der Waals surface area contributed by atoms with E-state index in [1.54, 1.807) is 11.8 Å². The van der Waals surface area contributed by atoms with Crippen LogP contribution in [-0.4, -0.2) is 41.2 Å². The van der Waals surface area contributed by atoms with Gasteiger partial charge in [-0.05, 0) is 44.1 Å². The predicted octanol–water partition coefficient (Wildman–Crippen LogP) is 2.32. The standard InChI is InChI=1S/C13H26N2O3S/c1-9(2)5-6-10(3)14-13(18)15-11(12(16)17)7-8-19-4/h9-11H,5-8H2,1-4H3,(H,16,17)(H2,14,15,18). The van der Waals surface area contributed by atoms with Crippen molar-refractivity contribution in [2.24, 2.45) is 5.92 Å². The number of rotatable bonds is 9. The first kappa shape index (κ1) is 18.1. The molecule has 0 aliphatic carbocycles. The molecule has 0 bridgehead atoms. The highest BCUT2D eigenvalue weighted by molar-refractivity contribution is 7.98. The van der Waals surface area contributed by atoms with Crippen LogP contribution in [0.1, 0.15) is 40.0 Å². The molecule has 112 valence electrons. The van der Waals surface area contributed by atoms with Gasteiger partial charge in [-0.1, -0.05) is 13.8 Å². The molecule has 0 rings (SSSR count). The summed E-state index contributed by atoms with van der Waals surface area (Å²) in [6.45, 7) is 6.20. The zero-order chi connectivity index (χ0) is 14.8. The molecule has 19 heavy (non-hydrogen) atoms. The van der Waals surface area contributed by atoms with Crippen molar-refractivity contribution < 1.29 is 14.7 Å². The zero-order valence-electron chi connectivity index (χ0n) is 12.2. The minimum atomic E-state index is -0.987. The number of carboxylic acid groups (broad SMARTS) is 1. The van der Waals surface area contributed by atoms with Gasteiger partial charge in [0.1, 0.15) is 6.04 Å². The van der Waals surface area contributed by atoms with Crippen LogP contribution < -0.4 is 10.6 Å². The van der Waals surface area contributed by atoms with Gasteiger partial charge in [-0.15, -0.1) is 0 Å². The number of carboxylic acids is 1. The van der Waals surface area contributed by atoms with Gasteiger partial charge < -0.3 is 15.7 Å². The van der Waals surface area contributed by atoms with E-state index in [9.17, 15) is 9.59 Å². The summed E-state index contributed by atoms with van der Waals surface area (Å²) in [6.07, 6.45) is 4.28. The topological polar surface area (TPSA) is 78.4 Å². The molecule has 0 fully saturated rings. The van der Waals surface area contributed by atoms with E-state index >= 15 is 0 Å². The number of nitrogens with one attached hydrogen (secondary N) is 2. The van der Waals surface area contributed by atoms with Gasteiger partial charge in [-0.2, -0.15) is 11.8 Å². The van der Waals surface area contributed by atoms with Crippen LogP contribution in [0.25, 0.3) is 0 Å². The van der Waals surface area contributed by atoms with Crippen LogP contribution in [0, 0.1) is 5.92 Å². The van der Waals surface area contributed by atoms with Crippen LogP contribution in [0.5, 0.6) is 0 Å². The Morgan fingerprint density at radius 1 is 1.11 bits per heavy atom. The minimum Gasteiger partial charge on any atom is -0.480 e. The highest BCUT2D eigenvalue weighted by Gasteiger charge is 2.19. The molecular weight excluding hydrogens is 264 g/mol. The Kier molecular flexibility index (Phi) is 9.47. The lowest BCUT2D eigenvalue weighted by atomic mass is 10.0. The van der Waals surface area contributed by atoms with Crippen molar-refractivity contribution in [2.45, 2.75) is 52.1 Å². The van der Waals surface area contributed by atoms with E-state index in [1.165, 1.54) is 0 Å². The summed E-state index contributed by atoms with van der Waals surface area (Å²) in [5.41, 5.74) is 0. The monoisotopic (exact) mass is 290 g/mol. The van der Waals surface area contributed by atoms with E-state index in [2.05, 4.69) is 24.5 Å². The predicted molar refractivity (Wildman–Crippen MR) is 79.6 cm³/mol. The van der Waals surface area contributed by atoms with Crippen LogP contribution in [0.3, 0.4) is 0 Å². The number of carbonyl (C=O) groups is 2. The number of hydrogen-bond acceptors (Lipinski definition) is 3. The molecule has 0 aliphatic rings. The first-order valence-electron chi connectivity index (χ1n) is 6.65. The van der Waals surface area contributed by atoms with Gasteiger partial charge in [0.2, 0.25) is 0 Å². The Bertz CT molecular complexity index is 285. The van der Waals surface area contributed by atoms with Gasteiger partial charge >= 0.3 is 12.0 Å². The van der Waals surface area contributed by atoms with E-state index in [-0.39, 0.29) is 6.04 Å². The Morgan fingerprint density at radius 3 is 2.21 bits per heavy atom. The molecule has 0 aromatic rings. The van der Waals surface area contributed by atoms with Gasteiger partial charge in [0, 0.05) is 6.04 Å². The van der Waals surface area contributed by atoms with E-state index in [0.717, 1.165) is 12.8 Å². The van der Waals surface area contributed by atoms with Gasteiger partial charge in [-0.3, -0.25) is 0 Å². The SMILES string of the molecule is CSCCC(NC(=O)NC(C)CCC(C)C)C(=O)O. The second kappa shape index (κ2) is 9.95. The van der Waals surface area contributed by atoms with Crippen molar-refractivity contribution in [1.82, 2.24) is 10.6 Å². The van der Waals surface area contributed by atoms with Gasteiger partial charge in [0.15, 0.2) is 0 Å². The van der Waals surface area contributed by atoms with E-state index in [4.69, 9.17) is 5.11 Å². The van der Waals surface area contributed by atoms with Crippen molar-refractivity contribution in [3.8, 4) is 0 Å². The summed E-state index contributed by atoms with van der Waals surface area (Å²) in [4.78, 5) is 22.7. The number of urea groups is 1. The van der Waals surface area contributed by atoms with Crippen LogP contribution in [-0.2, 0) is 4.79 Å². The first-order chi connectivity index (χ1) is 8.86. The molecular formula is C13H26N2O3S. The van der Waals surface area contributed by atoms with Gasteiger partial charge in [0.25, 0.3) is 0 Å². The summed E-state index contributed by atoms with van der Waals surface area (Å²) in [5, 5.41) is 14.3. The highest BCUT2D eigenvalue weighted by Crippen LogP contribution is 2.06. The fourth-order valence-corrected chi connectivity index (χ4v) is 2.04. The number of thioether (sulfide) groups is 1. The summed E-state index contributed by atoms with van der Waals surface area (Å²) in [6, 6.07) is -1.16. The molecule has 2 atom stereocenters. The number of carbonyl (C=O) groups excluding carboxylic acids is 1. The van der Waals surface area contributed by atoms with Crippen LogP contribution in [0.2, 0.25) is 0 Å². The van der Waals surface area contributed by atoms with Crippen molar-refractivity contribution in [3.05, 3.63) is 0 Å². The second-order valence-electron chi connectivity index (χ2n) is 5.16. The van der Waals surface area contributed by atoms with Crippen molar-refractivity contribution in [3.63, 3.8) is 0 Å². The third-order valence-corrected chi connectivity index (χ3v) is 3.41. The van der Waals surface area contributed by atoms with E-state index < -0.39 is 18.0 Å². The van der Waals surface area contributed by atoms with Crippen LogP contribution in [0.15, 0.2) is 0 Å². The molecule has 6 heteroatoms. The maximum absolute atomic E-state index is 11.7. The molecule has 5 nitrogen and oxygen atoms in total. The highest BCUT2D eigenvalue weighted by atomic mass is 32.2. The maximum Gasteiger partial charge on any atom is 0.326 e. The summed E-state index contributed by atoms with van der Waals surface area (Å²) in [7, 11) is 0. The molecule has 2 unspecified atom stereocenters. The number of amides is 2. The first-order valence-corrected chi connectivity index (χ1v) is 8.05. The minimum absolute atomic E-state index is 0.0531. The molecule has 3 N–H and O–H groups in total. The average Bonchev–Trinajstić information content (AvgIpc) is 2.31. The largest absolute Gasteiger partial charge is 0.480 e. The second-order valence-corrected chi connectivity index (χ2v) is 6.15. The number of aliphatic carboxylic acids is 1. The maximum atomic E-state index is 11.7. The van der Waals surface area contributed by atoms with Gasteiger partial charge in [0.05, 0.1) is 0 Å². The smallest absolute Gasteiger partial charge is 0.326 e. The molecule has 0 saturated carbocycles. The molecule has 0 aromatic heterocycles. The summed E-state index contributed by atoms with van der Waals surface area (Å²) in [5.74, 6) is 0.319. The molecule has 0 radical (unpaired) electrons. The lowest BCUT2D eigenvalue weighted by Crippen LogP contribution is -2.48. The molecule has 0 aromatic carbocycles. The third-order valence-electron chi connectivity index (χ3n) is 2.77. The fraction of sp³-hybridized carbons (Fsp3) is 0.846.